The minimum absolute atomic E-state index is 0.0236. The Labute approximate surface area is 127 Å². The highest BCUT2D eigenvalue weighted by Gasteiger charge is 2.19. The van der Waals surface area contributed by atoms with E-state index in [2.05, 4.69) is 10.5 Å². The van der Waals surface area contributed by atoms with Crippen LogP contribution in [0.4, 0.5) is 5.69 Å². The van der Waals surface area contributed by atoms with E-state index >= 15 is 0 Å². The van der Waals surface area contributed by atoms with Crippen molar-refractivity contribution in [3.63, 3.8) is 0 Å². The maximum Gasteiger partial charge on any atom is 0.333 e. The lowest BCUT2D eigenvalue weighted by atomic mass is 10.1. The number of hydrazone groups is 1. The summed E-state index contributed by atoms with van der Waals surface area (Å²) >= 11 is 0. The average molecular weight is 302 g/mol. The minimum Gasteiger partial charge on any atom is -0.494 e. The fourth-order valence-electron chi connectivity index (χ4n) is 2.04. The standard InChI is InChI=1S/C15H18N4O3/c1-4-11(17-16-10-8-6-5-7-9-10)12-13(20)18(2)15(22)19(3)14(12)21/h5-9,16,20H,4H2,1-3H3. The first kappa shape index (κ1) is 15.6. The topological polar surface area (TPSA) is 88.6 Å². The van der Waals surface area contributed by atoms with Gasteiger partial charge in [0.1, 0.15) is 5.56 Å². The average Bonchev–Trinajstić information content (AvgIpc) is 2.55. The second kappa shape index (κ2) is 6.30. The maximum absolute atomic E-state index is 12.3. The highest BCUT2D eigenvalue weighted by atomic mass is 16.3. The van der Waals surface area contributed by atoms with Gasteiger partial charge in [0, 0.05) is 14.1 Å². The van der Waals surface area contributed by atoms with Gasteiger partial charge in [-0.15, -0.1) is 0 Å². The molecule has 0 saturated heterocycles. The lowest BCUT2D eigenvalue weighted by molar-refractivity contribution is 0.410. The third kappa shape index (κ3) is 2.78. The molecule has 0 aliphatic heterocycles. The molecule has 0 saturated carbocycles. The van der Waals surface area contributed by atoms with Gasteiger partial charge in [-0.05, 0) is 18.6 Å². The lowest BCUT2D eigenvalue weighted by Gasteiger charge is -2.11. The zero-order valence-electron chi connectivity index (χ0n) is 12.7. The summed E-state index contributed by atoms with van der Waals surface area (Å²) in [5, 5.41) is 14.3. The number of aromatic hydroxyl groups is 1. The molecule has 0 bridgehead atoms. The third-order valence-electron chi connectivity index (χ3n) is 3.35. The van der Waals surface area contributed by atoms with E-state index < -0.39 is 11.2 Å². The second-order valence-corrected chi connectivity index (χ2v) is 4.79. The number of rotatable bonds is 4. The maximum atomic E-state index is 12.3. The Hall–Kier alpha value is -2.83. The predicted octanol–water partition coefficient (Wildman–Crippen LogP) is 1.02. The molecule has 0 spiro atoms. The molecule has 1 aromatic heterocycles. The van der Waals surface area contributed by atoms with Gasteiger partial charge in [-0.1, -0.05) is 25.1 Å². The summed E-state index contributed by atoms with van der Waals surface area (Å²) in [5.41, 5.74) is 2.84. The first-order valence-corrected chi connectivity index (χ1v) is 6.84. The van der Waals surface area contributed by atoms with E-state index in [1.165, 1.54) is 14.1 Å². The monoisotopic (exact) mass is 302 g/mol. The number of para-hydroxylation sites is 1. The van der Waals surface area contributed by atoms with Crippen LogP contribution in [0.25, 0.3) is 0 Å². The Morgan fingerprint density at radius 1 is 1.18 bits per heavy atom. The molecule has 2 rings (SSSR count). The van der Waals surface area contributed by atoms with Gasteiger partial charge in [-0.2, -0.15) is 5.10 Å². The fourth-order valence-corrected chi connectivity index (χ4v) is 2.04. The summed E-state index contributed by atoms with van der Waals surface area (Å²) in [7, 11) is 2.77. The molecule has 116 valence electrons. The molecule has 0 radical (unpaired) electrons. The first-order chi connectivity index (χ1) is 10.5. The molecule has 0 atom stereocenters. The van der Waals surface area contributed by atoms with E-state index in [9.17, 15) is 14.7 Å². The molecule has 0 unspecified atom stereocenters. The summed E-state index contributed by atoms with van der Waals surface area (Å²) in [4.78, 5) is 24.0. The molecule has 0 fully saturated rings. The van der Waals surface area contributed by atoms with Crippen molar-refractivity contribution in [1.82, 2.24) is 9.13 Å². The number of hydrogen-bond donors (Lipinski definition) is 2. The number of nitrogens with one attached hydrogen (secondary N) is 1. The van der Waals surface area contributed by atoms with Gasteiger partial charge in [-0.3, -0.25) is 19.4 Å². The molecular formula is C15H18N4O3. The molecule has 22 heavy (non-hydrogen) atoms. The third-order valence-corrected chi connectivity index (χ3v) is 3.35. The Morgan fingerprint density at radius 2 is 1.82 bits per heavy atom. The molecule has 0 aliphatic carbocycles. The van der Waals surface area contributed by atoms with E-state index in [0.717, 1.165) is 14.8 Å². The smallest absolute Gasteiger partial charge is 0.333 e. The van der Waals surface area contributed by atoms with Gasteiger partial charge in [0.05, 0.1) is 11.4 Å². The highest BCUT2D eigenvalue weighted by molar-refractivity contribution is 6.02. The normalized spacial score (nSPS) is 11.5. The molecule has 2 N–H and O–H groups in total. The molecule has 7 nitrogen and oxygen atoms in total. The van der Waals surface area contributed by atoms with Crippen molar-refractivity contribution in [3.05, 3.63) is 56.7 Å². The summed E-state index contributed by atoms with van der Waals surface area (Å²) in [5.74, 6) is -0.386. The lowest BCUT2D eigenvalue weighted by Crippen LogP contribution is -2.40. The second-order valence-electron chi connectivity index (χ2n) is 4.79. The van der Waals surface area contributed by atoms with Crippen LogP contribution in [0.15, 0.2) is 45.0 Å². The van der Waals surface area contributed by atoms with E-state index in [1.54, 1.807) is 0 Å². The van der Waals surface area contributed by atoms with Crippen molar-refractivity contribution in [2.45, 2.75) is 13.3 Å². The van der Waals surface area contributed by atoms with Crippen LogP contribution in [0.2, 0.25) is 0 Å². The van der Waals surface area contributed by atoms with E-state index in [-0.39, 0.29) is 11.4 Å². The van der Waals surface area contributed by atoms with Gasteiger partial charge in [0.2, 0.25) is 5.88 Å². The van der Waals surface area contributed by atoms with Crippen molar-refractivity contribution in [2.75, 3.05) is 5.43 Å². The zero-order valence-corrected chi connectivity index (χ0v) is 12.7. The molecule has 7 heteroatoms. The number of anilines is 1. The number of benzene rings is 1. The molecular weight excluding hydrogens is 284 g/mol. The Bertz CT molecular complexity index is 819. The quantitative estimate of drug-likeness (QED) is 0.652. The molecule has 0 aliphatic rings. The summed E-state index contributed by atoms with van der Waals surface area (Å²) in [6.07, 6.45) is 0.417. The Balaban J connectivity index is 2.53. The van der Waals surface area contributed by atoms with E-state index in [0.29, 0.717) is 12.1 Å². The van der Waals surface area contributed by atoms with Crippen LogP contribution in [0.3, 0.4) is 0 Å². The summed E-state index contributed by atoms with van der Waals surface area (Å²) in [6, 6.07) is 9.24. The predicted molar refractivity (Wildman–Crippen MR) is 85.5 cm³/mol. The minimum atomic E-state index is -0.585. The Kier molecular flexibility index (Phi) is 4.45. The van der Waals surface area contributed by atoms with Crippen LogP contribution in [0, 0.1) is 0 Å². The van der Waals surface area contributed by atoms with Gasteiger partial charge in [-0.25, -0.2) is 4.79 Å². The van der Waals surface area contributed by atoms with Crippen LogP contribution in [-0.4, -0.2) is 20.0 Å². The van der Waals surface area contributed by atoms with Crippen molar-refractivity contribution in [2.24, 2.45) is 19.2 Å². The largest absolute Gasteiger partial charge is 0.494 e. The van der Waals surface area contributed by atoms with Crippen LogP contribution in [-0.2, 0) is 14.1 Å². The van der Waals surface area contributed by atoms with Crippen molar-refractivity contribution in [1.29, 1.82) is 0 Å². The fraction of sp³-hybridized carbons (Fsp3) is 0.267. The summed E-state index contributed by atoms with van der Waals surface area (Å²) < 4.78 is 1.97. The van der Waals surface area contributed by atoms with Gasteiger partial charge >= 0.3 is 5.69 Å². The van der Waals surface area contributed by atoms with Crippen LogP contribution < -0.4 is 16.7 Å². The van der Waals surface area contributed by atoms with Crippen molar-refractivity contribution >= 4 is 11.4 Å². The van der Waals surface area contributed by atoms with E-state index in [4.69, 9.17) is 0 Å². The van der Waals surface area contributed by atoms with E-state index in [1.807, 2.05) is 37.3 Å². The van der Waals surface area contributed by atoms with Crippen LogP contribution >= 0.6 is 0 Å². The Morgan fingerprint density at radius 3 is 2.41 bits per heavy atom. The SMILES string of the molecule is CCC(=NNc1ccccc1)c1c(O)n(C)c(=O)n(C)c1=O. The summed E-state index contributed by atoms with van der Waals surface area (Å²) in [6.45, 7) is 1.81. The molecule has 1 heterocycles. The first-order valence-electron chi connectivity index (χ1n) is 6.84. The van der Waals surface area contributed by atoms with Crippen LogP contribution in [0.5, 0.6) is 5.88 Å². The molecule has 0 amide bonds. The molecule has 1 aromatic carbocycles. The van der Waals surface area contributed by atoms with Gasteiger partial charge < -0.3 is 5.11 Å². The van der Waals surface area contributed by atoms with Gasteiger partial charge in [0.25, 0.3) is 5.56 Å². The van der Waals surface area contributed by atoms with Gasteiger partial charge in [0.15, 0.2) is 0 Å². The van der Waals surface area contributed by atoms with Crippen molar-refractivity contribution in [3.8, 4) is 5.88 Å². The zero-order chi connectivity index (χ0) is 16.3. The van der Waals surface area contributed by atoms with Crippen LogP contribution in [0.1, 0.15) is 18.9 Å². The highest BCUT2D eigenvalue weighted by Crippen LogP contribution is 2.13. The number of aromatic nitrogens is 2. The molecule has 2 aromatic rings. The van der Waals surface area contributed by atoms with Crippen molar-refractivity contribution < 1.29 is 5.11 Å². The number of nitrogens with zero attached hydrogens (tertiary/aromatic N) is 3. The number of hydrogen-bond acceptors (Lipinski definition) is 5.